The maximum absolute atomic E-state index is 13.4. The molecule has 1 unspecified atom stereocenters. The highest BCUT2D eigenvalue weighted by Crippen LogP contribution is 2.30. The molecule has 0 spiro atoms. The Balaban J connectivity index is 1.73. The number of halogens is 3. The second kappa shape index (κ2) is 8.48. The quantitative estimate of drug-likeness (QED) is 0.574. The van der Waals surface area contributed by atoms with Gasteiger partial charge in [-0.2, -0.15) is 13.2 Å². The predicted octanol–water partition coefficient (Wildman–Crippen LogP) is 5.22. The third-order valence-corrected chi connectivity index (χ3v) is 5.65. The molecule has 3 nitrogen and oxygen atoms in total. The molecule has 0 saturated carbocycles. The van der Waals surface area contributed by atoms with Crippen molar-refractivity contribution in [2.45, 2.75) is 25.1 Å². The highest BCUT2D eigenvalue weighted by molar-refractivity contribution is 5.62. The van der Waals surface area contributed by atoms with Gasteiger partial charge in [-0.15, -0.1) is 0 Å². The molecule has 3 aromatic rings. The second-order valence-electron chi connectivity index (χ2n) is 7.64. The number of nitrogens with zero attached hydrogens (tertiary/aromatic N) is 2. The molecule has 1 aliphatic heterocycles. The number of benzene rings is 2. The van der Waals surface area contributed by atoms with Crippen LogP contribution < -0.4 is 5.56 Å². The van der Waals surface area contributed by atoms with Crippen LogP contribution in [0.2, 0.25) is 0 Å². The minimum atomic E-state index is -4.40. The lowest BCUT2D eigenvalue weighted by atomic mass is 10.0. The molecule has 1 fully saturated rings. The Morgan fingerprint density at radius 2 is 1.53 bits per heavy atom. The third-order valence-electron chi connectivity index (χ3n) is 5.65. The largest absolute Gasteiger partial charge is 0.416 e. The number of aromatic nitrogens is 1. The average molecular weight is 412 g/mol. The molecule has 0 aliphatic carbocycles. The monoisotopic (exact) mass is 412 g/mol. The molecule has 1 aliphatic rings. The molecular weight excluding hydrogens is 389 g/mol. The molecule has 4 rings (SSSR count). The first kappa shape index (κ1) is 20.4. The van der Waals surface area contributed by atoms with Crippen molar-refractivity contribution in [1.29, 1.82) is 0 Å². The van der Waals surface area contributed by atoms with Gasteiger partial charge < -0.3 is 9.47 Å². The molecule has 0 amide bonds. The summed E-state index contributed by atoms with van der Waals surface area (Å²) in [5, 5.41) is 0. The van der Waals surface area contributed by atoms with E-state index >= 15 is 0 Å². The summed E-state index contributed by atoms with van der Waals surface area (Å²) in [7, 11) is 0. The Labute approximate surface area is 173 Å². The fourth-order valence-electron chi connectivity index (χ4n) is 4.05. The van der Waals surface area contributed by atoms with Crippen LogP contribution in [-0.4, -0.2) is 29.1 Å². The van der Waals surface area contributed by atoms with E-state index in [4.69, 9.17) is 0 Å². The van der Waals surface area contributed by atoms with E-state index in [-0.39, 0.29) is 11.6 Å². The van der Waals surface area contributed by atoms with Gasteiger partial charge in [-0.1, -0.05) is 42.5 Å². The van der Waals surface area contributed by atoms with Gasteiger partial charge in [-0.3, -0.25) is 4.79 Å². The fourth-order valence-corrected chi connectivity index (χ4v) is 4.05. The van der Waals surface area contributed by atoms with Gasteiger partial charge in [0.2, 0.25) is 0 Å². The zero-order valence-corrected chi connectivity index (χ0v) is 16.5. The van der Waals surface area contributed by atoms with E-state index < -0.39 is 11.7 Å². The molecule has 156 valence electrons. The van der Waals surface area contributed by atoms with Crippen molar-refractivity contribution in [3.05, 3.63) is 94.4 Å². The van der Waals surface area contributed by atoms with Crippen LogP contribution in [0.25, 0.3) is 11.1 Å². The summed E-state index contributed by atoms with van der Waals surface area (Å²) in [4.78, 5) is 15.7. The van der Waals surface area contributed by atoms with Gasteiger partial charge in [-0.25, -0.2) is 0 Å². The minimum Gasteiger partial charge on any atom is -0.306 e. The Morgan fingerprint density at radius 1 is 0.867 bits per heavy atom. The van der Waals surface area contributed by atoms with Crippen molar-refractivity contribution in [3.8, 4) is 11.1 Å². The van der Waals surface area contributed by atoms with Crippen molar-refractivity contribution >= 4 is 0 Å². The van der Waals surface area contributed by atoms with E-state index in [1.807, 2.05) is 30.3 Å². The highest BCUT2D eigenvalue weighted by Gasteiger charge is 2.30. The molecule has 0 bridgehead atoms. The van der Waals surface area contributed by atoms with Crippen LogP contribution >= 0.6 is 0 Å². The van der Waals surface area contributed by atoms with E-state index in [9.17, 15) is 18.0 Å². The molecule has 6 heteroatoms. The number of hydrogen-bond donors (Lipinski definition) is 0. The predicted molar refractivity (Wildman–Crippen MR) is 111 cm³/mol. The van der Waals surface area contributed by atoms with E-state index in [0.717, 1.165) is 50.2 Å². The molecular formula is C24H23F3N2O. The summed E-state index contributed by atoms with van der Waals surface area (Å²) in [5.74, 6) is 0. The van der Waals surface area contributed by atoms with Crippen molar-refractivity contribution in [2.24, 2.45) is 0 Å². The van der Waals surface area contributed by atoms with Crippen LogP contribution in [0, 0.1) is 0 Å². The number of rotatable bonds is 5. The van der Waals surface area contributed by atoms with Gasteiger partial charge in [0, 0.05) is 18.3 Å². The van der Waals surface area contributed by atoms with E-state index in [2.05, 4.69) is 4.90 Å². The van der Waals surface area contributed by atoms with E-state index in [0.29, 0.717) is 11.1 Å². The highest BCUT2D eigenvalue weighted by atomic mass is 19.4. The van der Waals surface area contributed by atoms with Gasteiger partial charge in [0.15, 0.2) is 0 Å². The van der Waals surface area contributed by atoms with Crippen LogP contribution in [0.3, 0.4) is 0 Å². The number of likely N-dealkylation sites (tertiary alicyclic amines) is 1. The van der Waals surface area contributed by atoms with Crippen LogP contribution in [-0.2, 0) is 6.18 Å². The SMILES string of the molecule is O=c1c(-c2ccc(C(F)(F)F)cc2)cccn1C(CN1CCCC1)c1ccccc1. The number of hydrogen-bond acceptors (Lipinski definition) is 2. The molecule has 1 aromatic heterocycles. The summed E-state index contributed by atoms with van der Waals surface area (Å²) in [6, 6.07) is 17.9. The lowest BCUT2D eigenvalue weighted by Gasteiger charge is -2.26. The number of pyridine rings is 1. The second-order valence-corrected chi connectivity index (χ2v) is 7.64. The minimum absolute atomic E-state index is 0.161. The summed E-state index contributed by atoms with van der Waals surface area (Å²) in [6.07, 6.45) is -0.322. The van der Waals surface area contributed by atoms with Crippen molar-refractivity contribution < 1.29 is 13.2 Å². The van der Waals surface area contributed by atoms with Crippen molar-refractivity contribution in [3.63, 3.8) is 0 Å². The van der Waals surface area contributed by atoms with Gasteiger partial charge in [-0.05, 0) is 61.3 Å². The lowest BCUT2D eigenvalue weighted by molar-refractivity contribution is -0.137. The van der Waals surface area contributed by atoms with E-state index in [1.165, 1.54) is 12.1 Å². The molecule has 2 heterocycles. The molecule has 30 heavy (non-hydrogen) atoms. The topological polar surface area (TPSA) is 25.2 Å². The Morgan fingerprint density at radius 3 is 2.17 bits per heavy atom. The zero-order chi connectivity index (χ0) is 21.1. The van der Waals surface area contributed by atoms with Gasteiger partial charge in [0.05, 0.1) is 11.6 Å². The molecule has 1 saturated heterocycles. The number of alkyl halides is 3. The molecule has 0 radical (unpaired) electrons. The van der Waals surface area contributed by atoms with Crippen LogP contribution in [0.5, 0.6) is 0 Å². The molecule has 0 N–H and O–H groups in total. The van der Waals surface area contributed by atoms with Gasteiger partial charge >= 0.3 is 6.18 Å². The van der Waals surface area contributed by atoms with Crippen molar-refractivity contribution in [1.82, 2.24) is 9.47 Å². The van der Waals surface area contributed by atoms with Crippen molar-refractivity contribution in [2.75, 3.05) is 19.6 Å². The summed E-state index contributed by atoms with van der Waals surface area (Å²) < 4.78 is 40.4. The third kappa shape index (κ3) is 4.33. The summed E-state index contributed by atoms with van der Waals surface area (Å²) >= 11 is 0. The molecule has 2 aromatic carbocycles. The Bertz CT molecular complexity index is 1040. The summed E-state index contributed by atoms with van der Waals surface area (Å²) in [5.41, 5.74) is 0.990. The normalized spacial score (nSPS) is 16.0. The fraction of sp³-hybridized carbons (Fsp3) is 0.292. The lowest BCUT2D eigenvalue weighted by Crippen LogP contribution is -2.34. The first-order chi connectivity index (χ1) is 14.4. The smallest absolute Gasteiger partial charge is 0.306 e. The van der Waals surface area contributed by atoms with Gasteiger partial charge in [0.25, 0.3) is 5.56 Å². The standard InChI is InChI=1S/C24H23F3N2O/c25-24(26,27)20-12-10-18(11-13-20)21-9-6-16-29(23(21)30)22(17-28-14-4-5-15-28)19-7-2-1-3-8-19/h1-3,6-13,16,22H,4-5,14-15,17H2. The Hall–Kier alpha value is -2.86. The Kier molecular flexibility index (Phi) is 5.77. The van der Waals surface area contributed by atoms with Crippen LogP contribution in [0.15, 0.2) is 77.7 Å². The first-order valence-electron chi connectivity index (χ1n) is 10.1. The van der Waals surface area contributed by atoms with E-state index in [1.54, 1.807) is 22.9 Å². The van der Waals surface area contributed by atoms with Gasteiger partial charge in [0.1, 0.15) is 0 Å². The summed E-state index contributed by atoms with van der Waals surface area (Å²) in [6.45, 7) is 2.74. The zero-order valence-electron chi connectivity index (χ0n) is 16.5. The maximum Gasteiger partial charge on any atom is 0.416 e. The average Bonchev–Trinajstić information content (AvgIpc) is 3.26. The first-order valence-corrected chi connectivity index (χ1v) is 10.1. The van der Waals surface area contributed by atoms with Crippen LogP contribution in [0.4, 0.5) is 13.2 Å². The van der Waals surface area contributed by atoms with Crippen LogP contribution in [0.1, 0.15) is 30.0 Å². The molecule has 1 atom stereocenters. The maximum atomic E-state index is 13.4.